The van der Waals surface area contributed by atoms with Gasteiger partial charge in [-0.25, -0.2) is 0 Å². The molecule has 13 aromatic rings. The van der Waals surface area contributed by atoms with Crippen LogP contribution in [0.2, 0.25) is 0 Å². The summed E-state index contributed by atoms with van der Waals surface area (Å²) < 4.78 is 11.6. The lowest BCUT2D eigenvalue weighted by atomic mass is 9.79. The molecule has 7 aromatic heterocycles. The number of aromatic amines is 1. The van der Waals surface area contributed by atoms with Gasteiger partial charge in [-0.1, -0.05) is 242 Å². The highest BCUT2D eigenvalue weighted by Crippen LogP contribution is 2.43. The molecule has 692 valence electrons. The molecule has 0 aliphatic rings. The van der Waals surface area contributed by atoms with Crippen LogP contribution in [0.15, 0.2) is 163 Å². The minimum absolute atomic E-state index is 0.00659. The highest BCUT2D eigenvalue weighted by molar-refractivity contribution is 8.01. The Morgan fingerprint density at radius 3 is 1.24 bits per heavy atom. The van der Waals surface area contributed by atoms with Crippen LogP contribution < -0.4 is 32.4 Å². The molecule has 0 aliphatic heterocycles. The Kier molecular flexibility index (Phi) is 37.4. The number of ketones is 7. The van der Waals surface area contributed by atoms with Crippen LogP contribution in [0.3, 0.4) is 0 Å². The SMILES string of the molecule is CC(C)(C)C(=O)c1cccc2[nH]c(B(O)O)cc12.CC(C)(C)C(=O)c1cccc2oc(B(O)O)cc12.CC(C)(C)C(=O)c1cccc2sc(B(O)O)cc12.CSc1sc(C(=O)C(C)(C)C)c2cc(B(O)O)ccc12.CSc1sc(C(=O)C(C)(C)C)c2ccc(B(O)O)cc12.CSc1sc(C(=O)C(C)(C)C)cc1/C=C/B(O)O.Cn1cc(C(=O)C(C)(C)C)c2ccc(B(O)O)cc21. The number of thioether (sulfide) groups is 3. The average molecular weight is 1910 g/mol. The maximum atomic E-state index is 12.6. The number of rotatable bonds is 18. The van der Waals surface area contributed by atoms with Gasteiger partial charge in [0.15, 0.2) is 40.5 Å². The summed E-state index contributed by atoms with van der Waals surface area (Å²) >= 11 is 10.4. The Morgan fingerprint density at radius 1 is 0.366 bits per heavy atom. The van der Waals surface area contributed by atoms with Gasteiger partial charge in [-0.15, -0.1) is 80.6 Å². The first kappa shape index (κ1) is 110. The third-order valence-corrected chi connectivity index (χ3v) is 28.2. The molecule has 15 N–H and O–H groups in total. The first-order valence-electron chi connectivity index (χ1n) is 41.6. The molecule has 0 amide bonds. The molecule has 0 spiro atoms. The standard InChI is InChI=1S/C14H18BNO3.2C14H17BO3S2.C13H16BNO3.C13H15BO4.C13H15BO3S.C12H17BO3S2/c1-14(2,3)13(17)11-8-16(4)12-7-9(15(18)19)5-6-10(11)12;1-14(2,3)12(16)11-10-7-8(15(17)18)5-6-9(10)13(19-4)20-11;1-14(2,3)12(16)11-9-6-5-8(15(17)18)7-10(9)13(19-4)20-11;1-13(2,3)12(16)8-5-4-6-10-9(8)7-11(15-10)14(17)18;2*1-13(2,3)12(15)8-5-4-6-10-9(8)7-11(18-10)14(16)17;1-12(2,3)10(14)9-7-8(5-6-13(15)16)11(17-4)18-9/h5-8,18-19H,1-4H3;2*5-7,17-18H,1-4H3;4-7,15,17-18H,1-3H3;2*4-7,16-17H,1-3H3;5-7,15-16H,1-4H3/b;;;;;;6-5+. The summed E-state index contributed by atoms with van der Waals surface area (Å²) in [4.78, 5) is 91.7. The number of hydrogen-bond acceptors (Lipinski definition) is 29. The summed E-state index contributed by atoms with van der Waals surface area (Å²) in [5.74, 6) is 1.75. The summed E-state index contributed by atoms with van der Waals surface area (Å²) in [7, 11) is -8.85. The molecule has 0 aliphatic carbocycles. The van der Waals surface area contributed by atoms with E-state index in [2.05, 4.69) is 4.98 Å². The van der Waals surface area contributed by atoms with Crippen molar-refractivity contribution in [1.29, 1.82) is 0 Å². The number of H-pyrrole nitrogens is 1. The largest absolute Gasteiger partial charge is 0.526 e. The Bertz CT molecular complexity index is 6060. The van der Waals surface area contributed by atoms with Crippen molar-refractivity contribution in [2.45, 2.75) is 158 Å². The van der Waals surface area contributed by atoms with Crippen LogP contribution in [0, 0.1) is 37.9 Å². The van der Waals surface area contributed by atoms with E-state index in [0.29, 0.717) is 69.7 Å². The van der Waals surface area contributed by atoms with E-state index in [1.165, 1.54) is 57.4 Å². The van der Waals surface area contributed by atoms with Crippen molar-refractivity contribution in [1.82, 2.24) is 9.55 Å². The van der Waals surface area contributed by atoms with Gasteiger partial charge in [-0.05, 0) is 89.3 Å². The zero-order valence-corrected chi connectivity index (χ0v) is 84.0. The number of aryl methyl sites for hydroxylation is 1. The van der Waals surface area contributed by atoms with E-state index >= 15 is 0 Å². The molecule has 0 radical (unpaired) electrons. The molecule has 7 heterocycles. The number of carbonyl (C=O) groups is 7. The van der Waals surface area contributed by atoms with Gasteiger partial charge < -0.3 is 84.3 Å². The molecule has 38 heteroatoms. The van der Waals surface area contributed by atoms with Crippen LogP contribution in [0.5, 0.6) is 0 Å². The monoisotopic (exact) mass is 1910 g/mol. The molecule has 0 bridgehead atoms. The fourth-order valence-electron chi connectivity index (χ4n) is 12.9. The Labute approximate surface area is 795 Å². The number of thiophene rings is 4. The molecule has 0 fully saturated rings. The van der Waals surface area contributed by atoms with E-state index in [0.717, 1.165) is 76.5 Å². The highest BCUT2D eigenvalue weighted by Gasteiger charge is 2.35. The minimum Gasteiger partial charge on any atom is -0.465 e. The van der Waals surface area contributed by atoms with Gasteiger partial charge in [-0.2, -0.15) is 0 Å². The summed E-state index contributed by atoms with van der Waals surface area (Å²) in [5, 5.41) is 135. The van der Waals surface area contributed by atoms with Crippen molar-refractivity contribution in [3.63, 3.8) is 0 Å². The Morgan fingerprint density at radius 2 is 0.786 bits per heavy atom. The molecule has 0 saturated heterocycles. The zero-order valence-electron chi connectivity index (χ0n) is 78.3. The molecule has 6 aromatic carbocycles. The van der Waals surface area contributed by atoms with Crippen LogP contribution in [0.25, 0.3) is 70.5 Å². The van der Waals surface area contributed by atoms with Crippen molar-refractivity contribution >= 4 is 274 Å². The number of fused-ring (bicyclic) bond motifs is 6. The predicted molar refractivity (Wildman–Crippen MR) is 547 cm³/mol. The number of benzene rings is 6. The average Bonchev–Trinajstić information content (AvgIpc) is 1.63. The lowest BCUT2D eigenvalue weighted by Crippen LogP contribution is -2.30. The Balaban J connectivity index is 0.000000209. The van der Waals surface area contributed by atoms with Crippen molar-refractivity contribution in [2.24, 2.45) is 45.0 Å². The molecular formula is C93H115B7N2O22S7. The van der Waals surface area contributed by atoms with E-state index in [4.69, 9.17) is 34.6 Å². The third kappa shape index (κ3) is 28.1. The van der Waals surface area contributed by atoms with Crippen molar-refractivity contribution in [3.05, 3.63) is 188 Å². The smallest absolute Gasteiger partial charge is 0.465 e. The fourth-order valence-corrected chi connectivity index (χ4v) is 20.1. The maximum absolute atomic E-state index is 12.6. The Hall–Kier alpha value is -8.11. The molecule has 13 rings (SSSR count). The number of nitrogens with one attached hydrogen (secondary N) is 1. The number of nitrogens with zero attached hydrogens (tertiary/aromatic N) is 1. The first-order valence-corrected chi connectivity index (χ1v) is 48.5. The van der Waals surface area contributed by atoms with E-state index in [-0.39, 0.29) is 46.1 Å². The predicted octanol–water partition coefficient (Wildman–Crippen LogP) is 13.1. The van der Waals surface area contributed by atoms with Gasteiger partial charge in [-0.3, -0.25) is 33.6 Å². The van der Waals surface area contributed by atoms with Gasteiger partial charge in [0.2, 0.25) is 0 Å². The van der Waals surface area contributed by atoms with Crippen LogP contribution in [-0.2, 0) is 7.05 Å². The van der Waals surface area contributed by atoms with Crippen LogP contribution in [0.1, 0.15) is 221 Å². The quantitative estimate of drug-likeness (QED) is 0.0215. The molecule has 0 unspecified atom stereocenters. The van der Waals surface area contributed by atoms with E-state index in [1.807, 2.05) is 200 Å². The number of carbonyl (C=O) groups excluding carboxylic acids is 7. The second-order valence-corrected chi connectivity index (χ2v) is 45.7. The number of aromatic nitrogens is 2. The van der Waals surface area contributed by atoms with Crippen LogP contribution >= 0.6 is 80.6 Å². The van der Waals surface area contributed by atoms with Gasteiger partial charge in [0, 0.05) is 143 Å². The van der Waals surface area contributed by atoms with Gasteiger partial charge in [0.25, 0.3) is 0 Å². The van der Waals surface area contributed by atoms with Crippen molar-refractivity contribution < 1.29 is 108 Å². The number of Topliss-reactive ketones (excluding diaryl/α,β-unsaturated/α-hetero) is 7. The van der Waals surface area contributed by atoms with Crippen molar-refractivity contribution in [2.75, 3.05) is 18.8 Å². The maximum Gasteiger partial charge on any atom is 0.526 e. The lowest BCUT2D eigenvalue weighted by Gasteiger charge is -2.17. The topological polar surface area (TPSA) is 437 Å². The van der Waals surface area contributed by atoms with Crippen LogP contribution in [-0.4, -0.2) is 189 Å². The first-order chi connectivity index (χ1) is 60.4. The fraction of sp³-hybridized carbons (Fsp3) is 0.344. The van der Waals surface area contributed by atoms with Gasteiger partial charge >= 0.3 is 49.8 Å². The van der Waals surface area contributed by atoms with E-state index in [1.54, 1.807) is 151 Å². The van der Waals surface area contributed by atoms with E-state index < -0.39 is 87.7 Å². The molecule has 131 heavy (non-hydrogen) atoms. The summed E-state index contributed by atoms with van der Waals surface area (Å²) in [6.45, 7) is 39.5. The molecule has 24 nitrogen and oxygen atoms in total. The zero-order chi connectivity index (χ0) is 98.9. The summed E-state index contributed by atoms with van der Waals surface area (Å²) in [6, 6.07) is 38.1. The molecular weight excluding hydrogens is 1800 g/mol. The summed E-state index contributed by atoms with van der Waals surface area (Å²) in [5.41, 5.74) is 3.79. The minimum atomic E-state index is -1.67. The van der Waals surface area contributed by atoms with Crippen LogP contribution in [0.4, 0.5) is 0 Å². The highest BCUT2D eigenvalue weighted by atomic mass is 32.2. The normalized spacial score (nSPS) is 11.9. The van der Waals surface area contributed by atoms with Crippen molar-refractivity contribution in [3.8, 4) is 0 Å². The molecule has 0 atom stereocenters. The third-order valence-electron chi connectivity index (χ3n) is 20.1. The molecule has 0 saturated carbocycles. The summed E-state index contributed by atoms with van der Waals surface area (Å²) in [6.07, 6.45) is 9.30. The van der Waals surface area contributed by atoms with E-state index in [9.17, 15) is 73.8 Å². The number of furan rings is 1. The van der Waals surface area contributed by atoms with Gasteiger partial charge in [0.05, 0.1) is 27.3 Å². The lowest BCUT2D eigenvalue weighted by molar-refractivity contribution is 0.0854. The second-order valence-electron chi connectivity index (χ2n) is 38.2. The number of hydrogen-bond donors (Lipinski definition) is 15. The second kappa shape index (κ2) is 44.6. The van der Waals surface area contributed by atoms with Gasteiger partial charge in [0.1, 0.15) is 11.2 Å².